The van der Waals surface area contributed by atoms with Gasteiger partial charge in [-0.1, -0.05) is 45.6 Å². The SMILES string of the molecule is C=C/C=C/CC1([C@@]2([C@H](C)C(C)C)NC(=O)N(C(C)C)C2=O)CCC(OC)CC1. The number of imide groups is 1. The summed E-state index contributed by atoms with van der Waals surface area (Å²) in [5.74, 6) is 0.220. The molecule has 5 nitrogen and oxygen atoms in total. The highest BCUT2D eigenvalue weighted by atomic mass is 16.5. The Bertz CT molecular complexity index is 617. The summed E-state index contributed by atoms with van der Waals surface area (Å²) < 4.78 is 5.60. The molecule has 0 radical (unpaired) electrons. The van der Waals surface area contributed by atoms with E-state index < -0.39 is 5.54 Å². The molecular formula is C23H38N2O3. The van der Waals surface area contributed by atoms with E-state index in [1.54, 1.807) is 13.2 Å². The fourth-order valence-electron chi connectivity index (χ4n) is 5.21. The van der Waals surface area contributed by atoms with Crippen LogP contribution in [0.5, 0.6) is 0 Å². The summed E-state index contributed by atoms with van der Waals surface area (Å²) in [5.41, 5.74) is -1.23. The van der Waals surface area contributed by atoms with Gasteiger partial charge in [0.2, 0.25) is 0 Å². The van der Waals surface area contributed by atoms with Gasteiger partial charge in [0.1, 0.15) is 5.54 Å². The number of ether oxygens (including phenoxy) is 1. The van der Waals surface area contributed by atoms with E-state index in [4.69, 9.17) is 4.74 Å². The molecule has 5 heteroatoms. The van der Waals surface area contributed by atoms with E-state index in [0.29, 0.717) is 0 Å². The molecular weight excluding hydrogens is 352 g/mol. The van der Waals surface area contributed by atoms with Crippen molar-refractivity contribution >= 4 is 11.9 Å². The zero-order valence-corrected chi connectivity index (χ0v) is 18.5. The first-order chi connectivity index (χ1) is 13.2. The number of carbonyl (C=O) groups excluding carboxylic acids is 2. The fourth-order valence-corrected chi connectivity index (χ4v) is 5.21. The van der Waals surface area contributed by atoms with Crippen LogP contribution in [0.1, 0.15) is 66.7 Å². The highest BCUT2D eigenvalue weighted by molar-refractivity contribution is 6.08. The van der Waals surface area contributed by atoms with E-state index >= 15 is 0 Å². The van der Waals surface area contributed by atoms with Crippen molar-refractivity contribution < 1.29 is 14.3 Å². The largest absolute Gasteiger partial charge is 0.381 e. The first-order valence-electron chi connectivity index (χ1n) is 10.6. The summed E-state index contributed by atoms with van der Waals surface area (Å²) in [6.45, 7) is 14.0. The Kier molecular flexibility index (Phi) is 7.13. The van der Waals surface area contributed by atoms with Crippen molar-refractivity contribution in [1.82, 2.24) is 10.2 Å². The highest BCUT2D eigenvalue weighted by Crippen LogP contribution is 2.55. The minimum absolute atomic E-state index is 0.0175. The van der Waals surface area contributed by atoms with Crippen molar-refractivity contribution in [3.8, 4) is 0 Å². The number of urea groups is 1. The second-order valence-electron chi connectivity index (χ2n) is 9.12. The Labute approximate surface area is 170 Å². The third-order valence-corrected chi connectivity index (χ3v) is 7.12. The monoisotopic (exact) mass is 390 g/mol. The Morgan fingerprint density at radius 2 is 1.82 bits per heavy atom. The molecule has 1 saturated carbocycles. The number of carbonyl (C=O) groups is 2. The van der Waals surface area contributed by atoms with Crippen LogP contribution in [0.4, 0.5) is 4.79 Å². The molecule has 2 aliphatic rings. The Morgan fingerprint density at radius 1 is 1.21 bits per heavy atom. The second kappa shape index (κ2) is 8.81. The third kappa shape index (κ3) is 3.66. The zero-order chi connectivity index (χ0) is 21.1. The van der Waals surface area contributed by atoms with Crippen LogP contribution in [0, 0.1) is 17.3 Å². The summed E-state index contributed by atoms with van der Waals surface area (Å²) in [5, 5.41) is 3.24. The molecule has 1 heterocycles. The van der Waals surface area contributed by atoms with Crippen molar-refractivity contribution in [2.45, 2.75) is 84.4 Å². The minimum atomic E-state index is -0.896. The average Bonchev–Trinajstić information content (AvgIpc) is 2.93. The molecule has 3 amide bonds. The van der Waals surface area contributed by atoms with Gasteiger partial charge in [0.15, 0.2) is 0 Å². The third-order valence-electron chi connectivity index (χ3n) is 7.12. The van der Waals surface area contributed by atoms with Gasteiger partial charge in [-0.05, 0) is 57.8 Å². The molecule has 0 aromatic rings. The minimum Gasteiger partial charge on any atom is -0.381 e. The van der Waals surface area contributed by atoms with Crippen LogP contribution < -0.4 is 5.32 Å². The van der Waals surface area contributed by atoms with Crippen molar-refractivity contribution in [2.75, 3.05) is 7.11 Å². The van der Waals surface area contributed by atoms with E-state index in [1.165, 1.54) is 4.90 Å². The molecule has 28 heavy (non-hydrogen) atoms. The van der Waals surface area contributed by atoms with Crippen LogP contribution in [0.15, 0.2) is 24.8 Å². The molecule has 2 atom stereocenters. The zero-order valence-electron chi connectivity index (χ0n) is 18.5. The number of rotatable bonds is 8. The smallest absolute Gasteiger partial charge is 0.325 e. The van der Waals surface area contributed by atoms with Crippen molar-refractivity contribution in [2.24, 2.45) is 17.3 Å². The number of allylic oxidation sites excluding steroid dienone is 3. The molecule has 0 spiro atoms. The fraction of sp³-hybridized carbons (Fsp3) is 0.739. The molecule has 158 valence electrons. The van der Waals surface area contributed by atoms with Crippen LogP contribution in [0.3, 0.4) is 0 Å². The van der Waals surface area contributed by atoms with Crippen LogP contribution in [0.2, 0.25) is 0 Å². The van der Waals surface area contributed by atoms with Crippen molar-refractivity contribution in [3.05, 3.63) is 24.8 Å². The molecule has 2 rings (SSSR count). The van der Waals surface area contributed by atoms with Gasteiger partial charge in [-0.3, -0.25) is 9.69 Å². The van der Waals surface area contributed by atoms with Crippen molar-refractivity contribution in [1.29, 1.82) is 0 Å². The van der Waals surface area contributed by atoms with E-state index in [0.717, 1.165) is 32.1 Å². The van der Waals surface area contributed by atoms with Gasteiger partial charge in [-0.15, -0.1) is 0 Å². The van der Waals surface area contributed by atoms with Gasteiger partial charge in [-0.25, -0.2) is 4.79 Å². The predicted molar refractivity (Wildman–Crippen MR) is 113 cm³/mol. The molecule has 2 fully saturated rings. The van der Waals surface area contributed by atoms with Gasteiger partial charge in [0.05, 0.1) is 6.10 Å². The van der Waals surface area contributed by atoms with Gasteiger partial charge in [-0.2, -0.15) is 0 Å². The number of nitrogens with zero attached hydrogens (tertiary/aromatic N) is 1. The lowest BCUT2D eigenvalue weighted by Crippen LogP contribution is -2.66. The number of methoxy groups -OCH3 is 1. The standard InChI is InChI=1S/C23H38N2O3/c1-8-9-10-13-22(14-11-19(28-7)12-15-22)23(18(6)16(2)3)20(26)25(17(4)5)21(27)24-23/h8-10,16-19H,1,11-15H2,2-7H3,(H,24,27)/b10-9+/t18-,19?,22?,23+/m1/s1. The lowest BCUT2D eigenvalue weighted by molar-refractivity contribution is -0.145. The molecule has 0 aromatic carbocycles. The summed E-state index contributed by atoms with van der Waals surface area (Å²) in [6.07, 6.45) is 10.3. The molecule has 0 unspecified atom stereocenters. The van der Waals surface area contributed by atoms with E-state index in [9.17, 15) is 9.59 Å². The average molecular weight is 391 g/mol. The van der Waals surface area contributed by atoms with Crippen molar-refractivity contribution in [3.63, 3.8) is 0 Å². The maximum absolute atomic E-state index is 13.9. The molecule has 0 bridgehead atoms. The quantitative estimate of drug-likeness (QED) is 0.483. The van der Waals surface area contributed by atoms with Crippen LogP contribution in [-0.4, -0.2) is 41.6 Å². The first kappa shape index (κ1) is 22.7. The van der Waals surface area contributed by atoms with Crippen LogP contribution >= 0.6 is 0 Å². The normalized spacial score (nSPS) is 32.4. The molecule has 1 saturated heterocycles. The summed E-state index contributed by atoms with van der Waals surface area (Å²) >= 11 is 0. The molecule has 1 N–H and O–H groups in total. The maximum Gasteiger partial charge on any atom is 0.325 e. The second-order valence-corrected chi connectivity index (χ2v) is 9.12. The van der Waals surface area contributed by atoms with Gasteiger partial charge in [0.25, 0.3) is 5.91 Å². The van der Waals surface area contributed by atoms with E-state index in [2.05, 4.69) is 38.7 Å². The number of hydrogen-bond donors (Lipinski definition) is 1. The summed E-state index contributed by atoms with van der Waals surface area (Å²) in [6, 6.07) is -0.418. The Balaban J connectivity index is 2.60. The van der Waals surface area contributed by atoms with E-state index in [1.807, 2.05) is 19.9 Å². The Morgan fingerprint density at radius 3 is 2.25 bits per heavy atom. The predicted octanol–water partition coefficient (Wildman–Crippen LogP) is 4.69. The highest BCUT2D eigenvalue weighted by Gasteiger charge is 2.66. The molecule has 0 aromatic heterocycles. The van der Waals surface area contributed by atoms with Crippen LogP contribution in [0.25, 0.3) is 0 Å². The number of hydrogen-bond acceptors (Lipinski definition) is 3. The lowest BCUT2D eigenvalue weighted by atomic mass is 9.54. The topological polar surface area (TPSA) is 58.6 Å². The molecule has 1 aliphatic heterocycles. The maximum atomic E-state index is 13.9. The molecule has 1 aliphatic carbocycles. The van der Waals surface area contributed by atoms with Gasteiger partial charge < -0.3 is 10.1 Å². The summed E-state index contributed by atoms with van der Waals surface area (Å²) in [4.78, 5) is 28.3. The number of nitrogens with one attached hydrogen (secondary N) is 1. The lowest BCUT2D eigenvalue weighted by Gasteiger charge is -2.53. The van der Waals surface area contributed by atoms with Gasteiger partial charge in [0, 0.05) is 18.6 Å². The number of amides is 3. The summed E-state index contributed by atoms with van der Waals surface area (Å²) in [7, 11) is 1.75. The van der Waals surface area contributed by atoms with Crippen LogP contribution in [-0.2, 0) is 9.53 Å². The van der Waals surface area contributed by atoms with E-state index in [-0.39, 0.29) is 41.3 Å². The van der Waals surface area contributed by atoms with Gasteiger partial charge >= 0.3 is 6.03 Å². The first-order valence-corrected chi connectivity index (χ1v) is 10.6. The Hall–Kier alpha value is -1.62.